The Kier molecular flexibility index (Phi) is 2.16. The number of aliphatic hydroxyl groups is 1. The summed E-state index contributed by atoms with van der Waals surface area (Å²) in [6.45, 7) is 1.78. The van der Waals surface area contributed by atoms with E-state index in [-0.39, 0.29) is 6.61 Å². The standard InChI is InChI=1S/C9H9NO2S/c1-6-7(5-11)9(10-12-6)8-3-2-4-13-8/h2-4,11H,5H2,1H3. The second kappa shape index (κ2) is 3.32. The molecule has 2 rings (SSSR count). The first-order valence-electron chi connectivity index (χ1n) is 3.93. The van der Waals surface area contributed by atoms with Crippen LogP contribution in [0, 0.1) is 6.92 Å². The van der Waals surface area contributed by atoms with Gasteiger partial charge in [0, 0.05) is 5.56 Å². The third kappa shape index (κ3) is 1.38. The second-order valence-corrected chi connectivity index (χ2v) is 3.65. The highest BCUT2D eigenvalue weighted by molar-refractivity contribution is 7.13. The Labute approximate surface area is 79.6 Å². The van der Waals surface area contributed by atoms with Gasteiger partial charge in [0.25, 0.3) is 0 Å². The fraction of sp³-hybridized carbons (Fsp3) is 0.222. The van der Waals surface area contributed by atoms with Gasteiger partial charge >= 0.3 is 0 Å². The Morgan fingerprint density at radius 2 is 2.46 bits per heavy atom. The summed E-state index contributed by atoms with van der Waals surface area (Å²) < 4.78 is 5.01. The van der Waals surface area contributed by atoms with Crippen LogP contribution in [0.5, 0.6) is 0 Å². The average Bonchev–Trinajstić information content (AvgIpc) is 2.71. The van der Waals surface area contributed by atoms with Crippen molar-refractivity contribution in [1.29, 1.82) is 0 Å². The van der Waals surface area contributed by atoms with E-state index < -0.39 is 0 Å². The smallest absolute Gasteiger partial charge is 0.139 e. The largest absolute Gasteiger partial charge is 0.391 e. The van der Waals surface area contributed by atoms with E-state index in [0.29, 0.717) is 5.76 Å². The molecule has 13 heavy (non-hydrogen) atoms. The number of rotatable bonds is 2. The van der Waals surface area contributed by atoms with Gasteiger partial charge in [0.15, 0.2) is 0 Å². The molecule has 68 valence electrons. The van der Waals surface area contributed by atoms with Crippen LogP contribution in [0.1, 0.15) is 11.3 Å². The number of thiophene rings is 1. The molecular formula is C9H9NO2S. The maximum Gasteiger partial charge on any atom is 0.139 e. The van der Waals surface area contributed by atoms with Gasteiger partial charge in [0.05, 0.1) is 11.5 Å². The normalized spacial score (nSPS) is 10.6. The summed E-state index contributed by atoms with van der Waals surface area (Å²) in [4.78, 5) is 1.03. The fourth-order valence-electron chi connectivity index (χ4n) is 1.18. The molecular weight excluding hydrogens is 186 g/mol. The molecule has 4 heteroatoms. The van der Waals surface area contributed by atoms with Crippen molar-refractivity contribution >= 4 is 11.3 Å². The van der Waals surface area contributed by atoms with E-state index in [2.05, 4.69) is 5.16 Å². The number of aryl methyl sites for hydroxylation is 1. The Hall–Kier alpha value is -1.13. The summed E-state index contributed by atoms with van der Waals surface area (Å²) in [6, 6.07) is 3.91. The minimum atomic E-state index is -0.0252. The van der Waals surface area contributed by atoms with Gasteiger partial charge in [-0.05, 0) is 18.4 Å². The SMILES string of the molecule is Cc1onc(-c2cccs2)c1CO. The molecule has 0 saturated carbocycles. The number of hydrogen-bond acceptors (Lipinski definition) is 4. The van der Waals surface area contributed by atoms with Crippen molar-refractivity contribution in [3.05, 3.63) is 28.8 Å². The molecule has 2 aromatic heterocycles. The van der Waals surface area contributed by atoms with Gasteiger partial charge in [-0.15, -0.1) is 11.3 Å². The Balaban J connectivity index is 2.52. The van der Waals surface area contributed by atoms with Crippen molar-refractivity contribution in [1.82, 2.24) is 5.16 Å². The highest BCUT2D eigenvalue weighted by Crippen LogP contribution is 2.28. The van der Waals surface area contributed by atoms with Crippen LogP contribution in [0.4, 0.5) is 0 Å². The van der Waals surface area contributed by atoms with E-state index in [9.17, 15) is 0 Å². The molecule has 0 aliphatic rings. The lowest BCUT2D eigenvalue weighted by molar-refractivity contribution is 0.278. The molecule has 0 aliphatic heterocycles. The van der Waals surface area contributed by atoms with Gasteiger partial charge in [0.2, 0.25) is 0 Å². The van der Waals surface area contributed by atoms with Crippen molar-refractivity contribution in [2.24, 2.45) is 0 Å². The highest BCUT2D eigenvalue weighted by atomic mass is 32.1. The minimum absolute atomic E-state index is 0.0252. The van der Waals surface area contributed by atoms with Crippen LogP contribution >= 0.6 is 11.3 Å². The molecule has 1 N–H and O–H groups in total. The van der Waals surface area contributed by atoms with Crippen LogP contribution in [0.2, 0.25) is 0 Å². The summed E-state index contributed by atoms with van der Waals surface area (Å²) in [7, 11) is 0. The van der Waals surface area contributed by atoms with E-state index in [4.69, 9.17) is 9.63 Å². The third-order valence-electron chi connectivity index (χ3n) is 1.90. The Morgan fingerprint density at radius 3 is 3.08 bits per heavy atom. The maximum atomic E-state index is 9.09. The van der Waals surface area contributed by atoms with Crippen molar-refractivity contribution in [2.75, 3.05) is 0 Å². The first kappa shape index (κ1) is 8.47. The van der Waals surface area contributed by atoms with Crippen LogP contribution in [-0.4, -0.2) is 10.3 Å². The monoisotopic (exact) mass is 195 g/mol. The summed E-state index contributed by atoms with van der Waals surface area (Å²) in [5.41, 5.74) is 1.54. The molecule has 0 atom stereocenters. The predicted molar refractivity (Wildman–Crippen MR) is 50.5 cm³/mol. The molecule has 0 saturated heterocycles. The molecule has 0 radical (unpaired) electrons. The zero-order valence-electron chi connectivity index (χ0n) is 7.15. The van der Waals surface area contributed by atoms with Crippen LogP contribution in [0.3, 0.4) is 0 Å². The van der Waals surface area contributed by atoms with E-state index in [1.165, 1.54) is 0 Å². The molecule has 0 aromatic carbocycles. The average molecular weight is 195 g/mol. The molecule has 2 aromatic rings. The van der Waals surface area contributed by atoms with Gasteiger partial charge in [-0.25, -0.2) is 0 Å². The number of aromatic nitrogens is 1. The zero-order valence-corrected chi connectivity index (χ0v) is 7.97. The molecule has 0 unspecified atom stereocenters. The van der Waals surface area contributed by atoms with Crippen LogP contribution in [0.15, 0.2) is 22.0 Å². The van der Waals surface area contributed by atoms with Crippen molar-refractivity contribution in [3.8, 4) is 10.6 Å². The highest BCUT2D eigenvalue weighted by Gasteiger charge is 2.13. The number of nitrogens with zero attached hydrogens (tertiary/aromatic N) is 1. The fourth-order valence-corrected chi connectivity index (χ4v) is 1.92. The predicted octanol–water partition coefficient (Wildman–Crippen LogP) is 2.20. The van der Waals surface area contributed by atoms with Crippen molar-refractivity contribution in [3.63, 3.8) is 0 Å². The second-order valence-electron chi connectivity index (χ2n) is 2.70. The third-order valence-corrected chi connectivity index (χ3v) is 2.77. The van der Waals surface area contributed by atoms with Gasteiger partial charge in [-0.2, -0.15) is 0 Å². The number of hydrogen-bond donors (Lipinski definition) is 1. The van der Waals surface area contributed by atoms with E-state index >= 15 is 0 Å². The maximum absolute atomic E-state index is 9.09. The lowest BCUT2D eigenvalue weighted by Crippen LogP contribution is -1.85. The summed E-state index contributed by atoms with van der Waals surface area (Å²) in [6.07, 6.45) is 0. The first-order valence-corrected chi connectivity index (χ1v) is 4.80. The zero-order chi connectivity index (χ0) is 9.26. The van der Waals surface area contributed by atoms with E-state index in [0.717, 1.165) is 16.1 Å². The van der Waals surface area contributed by atoms with Crippen LogP contribution < -0.4 is 0 Å². The molecule has 3 nitrogen and oxygen atoms in total. The van der Waals surface area contributed by atoms with E-state index in [1.54, 1.807) is 18.3 Å². The number of aliphatic hydroxyl groups excluding tert-OH is 1. The van der Waals surface area contributed by atoms with Crippen molar-refractivity contribution in [2.45, 2.75) is 13.5 Å². The van der Waals surface area contributed by atoms with Gasteiger partial charge in [-0.1, -0.05) is 11.2 Å². The minimum Gasteiger partial charge on any atom is -0.391 e. The molecule has 0 aliphatic carbocycles. The van der Waals surface area contributed by atoms with Gasteiger partial charge in [-0.3, -0.25) is 0 Å². The molecule has 0 bridgehead atoms. The summed E-state index contributed by atoms with van der Waals surface area (Å²) in [5.74, 6) is 0.686. The van der Waals surface area contributed by atoms with Crippen LogP contribution in [0.25, 0.3) is 10.6 Å². The topological polar surface area (TPSA) is 46.3 Å². The molecule has 2 heterocycles. The van der Waals surface area contributed by atoms with Gasteiger partial charge < -0.3 is 9.63 Å². The lowest BCUT2D eigenvalue weighted by atomic mass is 10.2. The van der Waals surface area contributed by atoms with Gasteiger partial charge in [0.1, 0.15) is 11.5 Å². The first-order chi connectivity index (χ1) is 6.33. The molecule has 0 spiro atoms. The summed E-state index contributed by atoms with van der Waals surface area (Å²) >= 11 is 1.59. The molecule has 0 fully saturated rings. The lowest BCUT2D eigenvalue weighted by Gasteiger charge is -1.93. The summed E-state index contributed by atoms with van der Waals surface area (Å²) in [5, 5.41) is 15.0. The molecule has 0 amide bonds. The Morgan fingerprint density at radius 1 is 1.62 bits per heavy atom. The quantitative estimate of drug-likeness (QED) is 0.799. The van der Waals surface area contributed by atoms with Crippen LogP contribution in [-0.2, 0) is 6.61 Å². The van der Waals surface area contributed by atoms with Crippen molar-refractivity contribution < 1.29 is 9.63 Å². The Bertz CT molecular complexity index is 392. The van der Waals surface area contributed by atoms with E-state index in [1.807, 2.05) is 17.5 Å².